The van der Waals surface area contributed by atoms with E-state index in [1.807, 2.05) is 0 Å². The van der Waals surface area contributed by atoms with Crippen LogP contribution in [0, 0.1) is 0 Å². The van der Waals surface area contributed by atoms with Crippen LogP contribution in [0.15, 0.2) is 0 Å². The molecule has 94 valence electrons. The average molecular weight is 244 g/mol. The second-order valence-corrected chi connectivity index (χ2v) is 5.19. The summed E-state index contributed by atoms with van der Waals surface area (Å²) in [4.78, 5) is 2.96. The van der Waals surface area contributed by atoms with Gasteiger partial charge in [0.25, 0.3) is 0 Å². The first-order chi connectivity index (χ1) is 7.63. The van der Waals surface area contributed by atoms with Crippen molar-refractivity contribution in [3.63, 3.8) is 0 Å². The lowest BCUT2D eigenvalue weighted by molar-refractivity contribution is -0.00793. The lowest BCUT2D eigenvalue weighted by Gasteiger charge is -2.32. The Balaban J connectivity index is 2.35. The van der Waals surface area contributed by atoms with Gasteiger partial charge in [-0.1, -0.05) is 19.1 Å². The molecular formula is C12H24N2OS. The van der Waals surface area contributed by atoms with Crippen molar-refractivity contribution in [2.45, 2.75) is 51.2 Å². The van der Waals surface area contributed by atoms with Crippen LogP contribution in [-0.2, 0) is 4.74 Å². The molecule has 4 heteroatoms. The number of rotatable bonds is 6. The highest BCUT2D eigenvalue weighted by molar-refractivity contribution is 7.80. The van der Waals surface area contributed by atoms with Gasteiger partial charge in [0.15, 0.2) is 0 Å². The zero-order valence-electron chi connectivity index (χ0n) is 10.4. The van der Waals surface area contributed by atoms with Crippen LogP contribution in [0.1, 0.15) is 39.0 Å². The van der Waals surface area contributed by atoms with Gasteiger partial charge in [0, 0.05) is 25.6 Å². The van der Waals surface area contributed by atoms with Crippen molar-refractivity contribution in [2.75, 3.05) is 20.2 Å². The van der Waals surface area contributed by atoms with Crippen LogP contribution in [0.2, 0.25) is 0 Å². The van der Waals surface area contributed by atoms with Gasteiger partial charge in [-0.25, -0.2) is 0 Å². The second kappa shape index (κ2) is 7.20. The molecule has 0 aliphatic carbocycles. The van der Waals surface area contributed by atoms with Gasteiger partial charge in [-0.05, 0) is 32.7 Å². The molecular weight excluding hydrogens is 220 g/mol. The van der Waals surface area contributed by atoms with Crippen molar-refractivity contribution in [1.29, 1.82) is 0 Å². The van der Waals surface area contributed by atoms with Gasteiger partial charge in [0.2, 0.25) is 0 Å². The van der Waals surface area contributed by atoms with Crippen molar-refractivity contribution in [3.8, 4) is 0 Å². The number of ether oxygens (including phenoxy) is 1. The number of nitrogens with zero attached hydrogens (tertiary/aromatic N) is 1. The highest BCUT2D eigenvalue weighted by Gasteiger charge is 2.20. The summed E-state index contributed by atoms with van der Waals surface area (Å²) in [5.74, 6) is 0. The summed E-state index contributed by atoms with van der Waals surface area (Å²) in [5.41, 5.74) is 5.61. The Kier molecular flexibility index (Phi) is 6.24. The van der Waals surface area contributed by atoms with E-state index in [1.54, 1.807) is 0 Å². The molecule has 16 heavy (non-hydrogen) atoms. The van der Waals surface area contributed by atoms with Crippen LogP contribution in [0.4, 0.5) is 0 Å². The molecule has 1 saturated heterocycles. The fourth-order valence-corrected chi connectivity index (χ4v) is 2.46. The largest absolute Gasteiger partial charge is 0.393 e. The van der Waals surface area contributed by atoms with Crippen molar-refractivity contribution in [1.82, 2.24) is 4.90 Å². The molecule has 1 rings (SSSR count). The Hall–Kier alpha value is -0.190. The quantitative estimate of drug-likeness (QED) is 0.725. The number of nitrogens with two attached hydrogens (primary N) is 1. The molecule has 0 aromatic rings. The minimum Gasteiger partial charge on any atom is -0.393 e. The van der Waals surface area contributed by atoms with Gasteiger partial charge in [0.1, 0.15) is 0 Å². The molecule has 0 saturated carbocycles. The van der Waals surface area contributed by atoms with Crippen LogP contribution in [-0.4, -0.2) is 42.2 Å². The lowest BCUT2D eigenvalue weighted by atomic mass is 10.1. The summed E-state index contributed by atoms with van der Waals surface area (Å²) in [6, 6.07) is 0.461. The molecule has 0 bridgehead atoms. The number of hydrogen-bond acceptors (Lipinski definition) is 3. The minimum absolute atomic E-state index is 0.402. The van der Waals surface area contributed by atoms with Crippen LogP contribution in [0.3, 0.4) is 0 Å². The van der Waals surface area contributed by atoms with E-state index in [-0.39, 0.29) is 0 Å². The summed E-state index contributed by atoms with van der Waals surface area (Å²) in [5, 5.41) is 0. The van der Waals surface area contributed by atoms with Crippen molar-refractivity contribution < 1.29 is 4.74 Å². The average Bonchev–Trinajstić information content (AvgIpc) is 2.26. The molecule has 0 radical (unpaired) electrons. The van der Waals surface area contributed by atoms with E-state index in [2.05, 4.69) is 18.9 Å². The van der Waals surface area contributed by atoms with Gasteiger partial charge in [-0.3, -0.25) is 0 Å². The molecule has 0 spiro atoms. The van der Waals surface area contributed by atoms with E-state index in [4.69, 9.17) is 22.7 Å². The maximum Gasteiger partial charge on any atom is 0.0743 e. The Morgan fingerprint density at radius 3 is 2.81 bits per heavy atom. The van der Waals surface area contributed by atoms with E-state index < -0.39 is 0 Å². The Morgan fingerprint density at radius 1 is 1.56 bits per heavy atom. The van der Waals surface area contributed by atoms with Crippen LogP contribution in [0.5, 0.6) is 0 Å². The van der Waals surface area contributed by atoms with Crippen LogP contribution in [0.25, 0.3) is 0 Å². The van der Waals surface area contributed by atoms with Gasteiger partial charge in [-0.2, -0.15) is 0 Å². The Labute approximate surface area is 104 Å². The van der Waals surface area contributed by atoms with Crippen molar-refractivity contribution >= 4 is 17.2 Å². The first-order valence-corrected chi connectivity index (χ1v) is 6.64. The van der Waals surface area contributed by atoms with Gasteiger partial charge in [-0.15, -0.1) is 0 Å². The molecule has 3 nitrogen and oxygen atoms in total. The Morgan fingerprint density at radius 2 is 2.31 bits per heavy atom. The zero-order valence-corrected chi connectivity index (χ0v) is 11.3. The zero-order chi connectivity index (χ0) is 12.0. The van der Waals surface area contributed by atoms with E-state index in [0.717, 1.165) is 26.0 Å². The molecule has 0 amide bonds. The highest BCUT2D eigenvalue weighted by Crippen LogP contribution is 2.16. The van der Waals surface area contributed by atoms with Crippen molar-refractivity contribution in [2.24, 2.45) is 5.73 Å². The highest BCUT2D eigenvalue weighted by atomic mass is 32.1. The second-order valence-electron chi connectivity index (χ2n) is 4.66. The molecule has 0 aromatic carbocycles. The third kappa shape index (κ3) is 4.76. The fourth-order valence-electron chi connectivity index (χ4n) is 2.27. The first kappa shape index (κ1) is 13.9. The third-order valence-corrected chi connectivity index (χ3v) is 3.46. The topological polar surface area (TPSA) is 38.5 Å². The Bertz CT molecular complexity index is 217. The maximum absolute atomic E-state index is 5.74. The predicted octanol–water partition coefficient (Wildman–Crippen LogP) is 1.94. The van der Waals surface area contributed by atoms with E-state index >= 15 is 0 Å². The number of thiocarbonyl (C=S) groups is 1. The van der Waals surface area contributed by atoms with Gasteiger partial charge in [0.05, 0.1) is 11.1 Å². The molecule has 1 heterocycles. The summed E-state index contributed by atoms with van der Waals surface area (Å²) in [6.07, 6.45) is 6.00. The third-order valence-electron chi connectivity index (χ3n) is 3.30. The fraction of sp³-hybridized carbons (Fsp3) is 0.917. The summed E-state index contributed by atoms with van der Waals surface area (Å²) < 4.78 is 5.74. The van der Waals surface area contributed by atoms with E-state index in [0.29, 0.717) is 17.1 Å². The SMILES string of the molecule is CCC(CC(N)=S)N(C)CC1CCCCO1. The normalized spacial score (nSPS) is 23.3. The summed E-state index contributed by atoms with van der Waals surface area (Å²) in [7, 11) is 2.14. The monoisotopic (exact) mass is 244 g/mol. The van der Waals surface area contributed by atoms with E-state index in [1.165, 1.54) is 19.3 Å². The first-order valence-electron chi connectivity index (χ1n) is 6.23. The molecule has 1 fully saturated rings. The molecule has 1 aliphatic rings. The molecule has 2 atom stereocenters. The minimum atomic E-state index is 0.402. The maximum atomic E-state index is 5.74. The summed E-state index contributed by atoms with van der Waals surface area (Å²) in [6.45, 7) is 4.10. The molecule has 2 unspecified atom stereocenters. The lowest BCUT2D eigenvalue weighted by Crippen LogP contribution is -2.41. The van der Waals surface area contributed by atoms with Crippen LogP contribution >= 0.6 is 12.2 Å². The smallest absolute Gasteiger partial charge is 0.0743 e. The molecule has 0 aromatic heterocycles. The van der Waals surface area contributed by atoms with Crippen LogP contribution < -0.4 is 5.73 Å². The van der Waals surface area contributed by atoms with Gasteiger partial charge >= 0.3 is 0 Å². The van der Waals surface area contributed by atoms with Crippen molar-refractivity contribution in [3.05, 3.63) is 0 Å². The number of likely N-dealkylation sites (N-methyl/N-ethyl adjacent to an activating group) is 1. The summed E-state index contributed by atoms with van der Waals surface area (Å²) >= 11 is 4.98. The number of hydrogen-bond donors (Lipinski definition) is 1. The van der Waals surface area contributed by atoms with E-state index in [9.17, 15) is 0 Å². The molecule has 1 aliphatic heterocycles. The molecule has 2 N–H and O–H groups in total. The predicted molar refractivity (Wildman–Crippen MR) is 71.7 cm³/mol. The standard InChI is InChI=1S/C12H24N2OS/c1-3-10(8-12(13)16)14(2)9-11-6-4-5-7-15-11/h10-11H,3-9H2,1-2H3,(H2,13,16). The van der Waals surface area contributed by atoms with Gasteiger partial charge < -0.3 is 15.4 Å².